The largest absolute Gasteiger partial charge is 0.444 e. The SMILES string of the molecule is Cc1ccc(NC(=O)OC(C)(C)C)c(CNC(=O)Cn2c(C)cnc(NNC(=O)OCc3ccccc3)c2=O)n1. The molecule has 0 saturated heterocycles. The van der Waals surface area contributed by atoms with E-state index in [4.69, 9.17) is 9.47 Å². The number of hydrogen-bond acceptors (Lipinski definition) is 9. The first-order valence-electron chi connectivity index (χ1n) is 12.4. The van der Waals surface area contributed by atoms with Gasteiger partial charge < -0.3 is 14.8 Å². The summed E-state index contributed by atoms with van der Waals surface area (Å²) < 4.78 is 11.6. The number of carbonyl (C=O) groups is 3. The first-order valence-corrected chi connectivity index (χ1v) is 12.4. The molecule has 0 saturated carbocycles. The Bertz CT molecular complexity index is 1420. The van der Waals surface area contributed by atoms with Gasteiger partial charge in [-0.2, -0.15) is 0 Å². The number of hydrazine groups is 1. The second-order valence-electron chi connectivity index (χ2n) is 9.80. The molecule has 13 heteroatoms. The van der Waals surface area contributed by atoms with Crippen molar-refractivity contribution in [2.45, 2.75) is 59.9 Å². The molecule has 0 atom stereocenters. The average molecular weight is 552 g/mol. The second kappa shape index (κ2) is 13.2. The van der Waals surface area contributed by atoms with Crippen LogP contribution in [0, 0.1) is 13.8 Å². The molecule has 0 aliphatic carbocycles. The maximum absolute atomic E-state index is 12.9. The maximum Gasteiger partial charge on any atom is 0.426 e. The number of aromatic nitrogens is 3. The van der Waals surface area contributed by atoms with Crippen LogP contribution in [-0.2, 0) is 34.0 Å². The third-order valence-electron chi connectivity index (χ3n) is 5.25. The number of benzene rings is 1. The maximum atomic E-state index is 12.9. The predicted molar refractivity (Wildman–Crippen MR) is 147 cm³/mol. The van der Waals surface area contributed by atoms with Gasteiger partial charge in [0, 0.05) is 17.6 Å². The predicted octanol–water partition coefficient (Wildman–Crippen LogP) is 3.17. The van der Waals surface area contributed by atoms with Crippen LogP contribution >= 0.6 is 0 Å². The Morgan fingerprint density at radius 3 is 2.42 bits per heavy atom. The van der Waals surface area contributed by atoms with Gasteiger partial charge in [-0.15, -0.1) is 0 Å². The highest BCUT2D eigenvalue weighted by Gasteiger charge is 2.18. The second-order valence-corrected chi connectivity index (χ2v) is 9.80. The molecule has 0 radical (unpaired) electrons. The van der Waals surface area contributed by atoms with Crippen LogP contribution in [-0.4, -0.2) is 38.2 Å². The Morgan fingerprint density at radius 1 is 1.00 bits per heavy atom. The molecule has 2 heterocycles. The molecule has 3 rings (SSSR count). The van der Waals surface area contributed by atoms with Gasteiger partial charge in [-0.25, -0.2) is 20.0 Å². The molecule has 40 heavy (non-hydrogen) atoms. The van der Waals surface area contributed by atoms with Crippen molar-refractivity contribution in [2.75, 3.05) is 10.7 Å². The van der Waals surface area contributed by atoms with Gasteiger partial charge in [-0.05, 0) is 52.3 Å². The summed E-state index contributed by atoms with van der Waals surface area (Å²) in [6.45, 7) is 8.37. The number of anilines is 2. The standard InChI is InChI=1S/C27H33N7O6/c1-17-11-12-20(31-25(37)40-27(3,4)5)21(30-17)14-28-22(35)15-34-18(2)13-29-23(24(34)36)32-33-26(38)39-16-19-9-7-6-8-10-19/h6-13H,14-16H2,1-5H3,(H,28,35)(H,29,32)(H,31,37)(H,33,38). The van der Waals surface area contributed by atoms with Crippen LogP contribution in [0.2, 0.25) is 0 Å². The van der Waals surface area contributed by atoms with Gasteiger partial charge in [-0.3, -0.25) is 29.9 Å². The lowest BCUT2D eigenvalue weighted by Crippen LogP contribution is -2.38. The van der Waals surface area contributed by atoms with E-state index in [1.165, 1.54) is 10.8 Å². The van der Waals surface area contributed by atoms with Crippen molar-refractivity contribution in [3.8, 4) is 0 Å². The molecular formula is C27H33N7O6. The minimum Gasteiger partial charge on any atom is -0.444 e. The molecule has 0 aliphatic heterocycles. The van der Waals surface area contributed by atoms with E-state index in [0.29, 0.717) is 22.8 Å². The van der Waals surface area contributed by atoms with E-state index in [1.807, 2.05) is 18.2 Å². The van der Waals surface area contributed by atoms with Crippen molar-refractivity contribution in [1.29, 1.82) is 0 Å². The summed E-state index contributed by atoms with van der Waals surface area (Å²) in [5.74, 6) is -0.677. The van der Waals surface area contributed by atoms with E-state index in [2.05, 4.69) is 31.5 Å². The van der Waals surface area contributed by atoms with Gasteiger partial charge in [0.25, 0.3) is 5.56 Å². The smallest absolute Gasteiger partial charge is 0.426 e. The molecule has 13 nitrogen and oxygen atoms in total. The Balaban J connectivity index is 1.59. The van der Waals surface area contributed by atoms with Crippen molar-refractivity contribution in [2.24, 2.45) is 0 Å². The molecule has 212 valence electrons. The molecule has 0 fully saturated rings. The lowest BCUT2D eigenvalue weighted by Gasteiger charge is -2.20. The van der Waals surface area contributed by atoms with Crippen LogP contribution < -0.4 is 27.0 Å². The highest BCUT2D eigenvalue weighted by Crippen LogP contribution is 2.16. The summed E-state index contributed by atoms with van der Waals surface area (Å²) in [6.07, 6.45) is -0.0717. The fourth-order valence-corrected chi connectivity index (χ4v) is 3.38. The number of rotatable bonds is 9. The van der Waals surface area contributed by atoms with Gasteiger partial charge in [0.2, 0.25) is 11.7 Å². The quantitative estimate of drug-likeness (QED) is 0.292. The first kappa shape index (κ1) is 29.6. The molecule has 4 N–H and O–H groups in total. The molecule has 3 aromatic rings. The van der Waals surface area contributed by atoms with Gasteiger partial charge in [-0.1, -0.05) is 30.3 Å². The summed E-state index contributed by atoms with van der Waals surface area (Å²) in [7, 11) is 0. The van der Waals surface area contributed by atoms with E-state index < -0.39 is 29.3 Å². The molecule has 0 aliphatic rings. The number of amides is 3. The Hall–Kier alpha value is -4.94. The van der Waals surface area contributed by atoms with Crippen LogP contribution in [0.25, 0.3) is 0 Å². The zero-order valence-electron chi connectivity index (χ0n) is 23.0. The Morgan fingerprint density at radius 2 is 1.73 bits per heavy atom. The van der Waals surface area contributed by atoms with Crippen LogP contribution in [0.15, 0.2) is 53.5 Å². The number of ether oxygens (including phenoxy) is 2. The number of nitrogens with zero attached hydrogens (tertiary/aromatic N) is 3. The third kappa shape index (κ3) is 9.11. The molecular weight excluding hydrogens is 518 g/mol. The molecule has 0 bridgehead atoms. The van der Waals surface area contributed by atoms with Crippen molar-refractivity contribution < 1.29 is 23.9 Å². The highest BCUT2D eigenvalue weighted by atomic mass is 16.6. The van der Waals surface area contributed by atoms with Crippen molar-refractivity contribution in [3.05, 3.63) is 81.7 Å². The van der Waals surface area contributed by atoms with Crippen molar-refractivity contribution >= 4 is 29.6 Å². The molecule has 1 aromatic carbocycles. The molecule has 2 aromatic heterocycles. The van der Waals surface area contributed by atoms with Gasteiger partial charge in [0.15, 0.2) is 0 Å². The Kier molecular flexibility index (Phi) is 9.79. The summed E-state index contributed by atoms with van der Waals surface area (Å²) >= 11 is 0. The van der Waals surface area contributed by atoms with Gasteiger partial charge in [0.1, 0.15) is 18.8 Å². The number of nitrogens with one attached hydrogen (secondary N) is 4. The number of aryl methyl sites for hydroxylation is 2. The molecule has 0 spiro atoms. The van der Waals surface area contributed by atoms with E-state index in [1.54, 1.807) is 58.9 Å². The van der Waals surface area contributed by atoms with E-state index in [9.17, 15) is 19.2 Å². The fourth-order valence-electron chi connectivity index (χ4n) is 3.38. The summed E-state index contributed by atoms with van der Waals surface area (Å²) in [6, 6.07) is 12.5. The third-order valence-corrected chi connectivity index (χ3v) is 5.25. The van der Waals surface area contributed by atoms with Crippen LogP contribution in [0.5, 0.6) is 0 Å². The first-order chi connectivity index (χ1) is 18.9. The number of pyridine rings is 1. The van der Waals surface area contributed by atoms with Crippen LogP contribution in [0.4, 0.5) is 21.1 Å². The van der Waals surface area contributed by atoms with E-state index in [-0.39, 0.29) is 25.5 Å². The lowest BCUT2D eigenvalue weighted by molar-refractivity contribution is -0.121. The van der Waals surface area contributed by atoms with Gasteiger partial charge >= 0.3 is 12.2 Å². The normalized spacial score (nSPS) is 10.8. The Labute approximate surface area is 231 Å². The van der Waals surface area contributed by atoms with Crippen molar-refractivity contribution in [3.63, 3.8) is 0 Å². The topological polar surface area (TPSA) is 166 Å². The molecule has 0 unspecified atom stereocenters. The average Bonchev–Trinajstić information content (AvgIpc) is 2.89. The number of hydrogen-bond donors (Lipinski definition) is 4. The monoisotopic (exact) mass is 551 g/mol. The number of carbonyl (C=O) groups excluding carboxylic acids is 3. The lowest BCUT2D eigenvalue weighted by atomic mass is 10.2. The fraction of sp³-hybridized carbons (Fsp3) is 0.333. The van der Waals surface area contributed by atoms with Gasteiger partial charge in [0.05, 0.1) is 17.9 Å². The minimum atomic E-state index is -0.809. The summed E-state index contributed by atoms with van der Waals surface area (Å²) in [4.78, 5) is 58.3. The summed E-state index contributed by atoms with van der Waals surface area (Å²) in [5.41, 5.74) is 6.09. The van der Waals surface area contributed by atoms with Crippen LogP contribution in [0.3, 0.4) is 0 Å². The van der Waals surface area contributed by atoms with E-state index >= 15 is 0 Å². The highest BCUT2D eigenvalue weighted by molar-refractivity contribution is 5.85. The zero-order chi connectivity index (χ0) is 29.3. The van der Waals surface area contributed by atoms with Crippen LogP contribution in [0.1, 0.15) is 43.4 Å². The van der Waals surface area contributed by atoms with Crippen molar-refractivity contribution in [1.82, 2.24) is 25.3 Å². The molecule has 3 amide bonds. The summed E-state index contributed by atoms with van der Waals surface area (Å²) in [5, 5.41) is 5.35. The van der Waals surface area contributed by atoms with E-state index in [0.717, 1.165) is 5.56 Å². The zero-order valence-corrected chi connectivity index (χ0v) is 23.0. The minimum absolute atomic E-state index is 0.00948.